The number of methoxy groups -OCH3 is 1. The number of rotatable bonds is 4. The highest BCUT2D eigenvalue weighted by molar-refractivity contribution is 5.93. The molecule has 1 N–H and O–H groups in total. The van der Waals surface area contributed by atoms with Crippen LogP contribution < -0.4 is 10.4 Å². The summed E-state index contributed by atoms with van der Waals surface area (Å²) < 4.78 is 6.87. The molecule has 7 heteroatoms. The molecule has 7 nitrogen and oxygen atoms in total. The average molecular weight is 383 g/mol. The maximum atomic E-state index is 12.5. The first-order valence-corrected chi connectivity index (χ1v) is 9.15. The SMILES string of the molecule is COc1cccc(Cn2c(=O)[nH]c3ncc(-c4cccc5ncccc45)nc32)c1. The van der Waals surface area contributed by atoms with Gasteiger partial charge in [0.25, 0.3) is 0 Å². The lowest BCUT2D eigenvalue weighted by Crippen LogP contribution is -2.17. The first-order chi connectivity index (χ1) is 14.2. The second-order valence-electron chi connectivity index (χ2n) is 6.67. The summed E-state index contributed by atoms with van der Waals surface area (Å²) in [6, 6.07) is 17.4. The van der Waals surface area contributed by atoms with Crippen molar-refractivity contribution in [2.24, 2.45) is 0 Å². The number of pyridine rings is 1. The van der Waals surface area contributed by atoms with Crippen molar-refractivity contribution >= 4 is 22.2 Å². The number of H-pyrrole nitrogens is 1. The second-order valence-corrected chi connectivity index (χ2v) is 6.67. The average Bonchev–Trinajstić information content (AvgIpc) is 3.08. The highest BCUT2D eigenvalue weighted by atomic mass is 16.5. The van der Waals surface area contributed by atoms with Crippen LogP contribution in [0.5, 0.6) is 5.75 Å². The van der Waals surface area contributed by atoms with Crippen molar-refractivity contribution in [2.45, 2.75) is 6.54 Å². The van der Waals surface area contributed by atoms with E-state index in [1.807, 2.05) is 54.6 Å². The number of aromatic amines is 1. The minimum Gasteiger partial charge on any atom is -0.497 e. The summed E-state index contributed by atoms with van der Waals surface area (Å²) in [5.74, 6) is 0.741. The smallest absolute Gasteiger partial charge is 0.329 e. The summed E-state index contributed by atoms with van der Waals surface area (Å²) in [7, 11) is 1.62. The number of imidazole rings is 1. The van der Waals surface area contributed by atoms with Crippen molar-refractivity contribution in [3.05, 3.63) is 83.0 Å². The van der Waals surface area contributed by atoms with Gasteiger partial charge in [-0.05, 0) is 29.8 Å². The second kappa shape index (κ2) is 6.87. The zero-order valence-corrected chi connectivity index (χ0v) is 15.7. The molecule has 0 saturated heterocycles. The summed E-state index contributed by atoms with van der Waals surface area (Å²) in [6.07, 6.45) is 3.44. The van der Waals surface area contributed by atoms with Crippen LogP contribution in [0.4, 0.5) is 0 Å². The van der Waals surface area contributed by atoms with E-state index in [-0.39, 0.29) is 5.69 Å². The quantitative estimate of drug-likeness (QED) is 0.514. The van der Waals surface area contributed by atoms with Gasteiger partial charge in [-0.2, -0.15) is 0 Å². The van der Waals surface area contributed by atoms with Crippen LogP contribution in [0.3, 0.4) is 0 Å². The predicted molar refractivity (Wildman–Crippen MR) is 111 cm³/mol. The zero-order chi connectivity index (χ0) is 19.8. The lowest BCUT2D eigenvalue weighted by Gasteiger charge is -2.07. The molecule has 0 fully saturated rings. The fourth-order valence-corrected chi connectivity index (χ4v) is 3.48. The molecule has 0 saturated carbocycles. The summed E-state index contributed by atoms with van der Waals surface area (Å²) in [5.41, 5.74) is 4.15. The fraction of sp³-hybridized carbons (Fsp3) is 0.0909. The molecule has 0 spiro atoms. The minimum atomic E-state index is -0.250. The maximum Gasteiger partial charge on any atom is 0.329 e. The number of hydrogen-bond acceptors (Lipinski definition) is 5. The number of hydrogen-bond donors (Lipinski definition) is 1. The molecule has 0 amide bonds. The van der Waals surface area contributed by atoms with E-state index in [0.717, 1.165) is 27.8 Å². The van der Waals surface area contributed by atoms with E-state index >= 15 is 0 Å². The van der Waals surface area contributed by atoms with Gasteiger partial charge in [-0.15, -0.1) is 0 Å². The number of ether oxygens (including phenoxy) is 1. The molecule has 0 radical (unpaired) electrons. The van der Waals surface area contributed by atoms with Gasteiger partial charge >= 0.3 is 5.69 Å². The largest absolute Gasteiger partial charge is 0.497 e. The lowest BCUT2D eigenvalue weighted by molar-refractivity contribution is 0.414. The molecule has 0 atom stereocenters. The molecule has 0 aliphatic rings. The van der Waals surface area contributed by atoms with Crippen molar-refractivity contribution in [2.75, 3.05) is 7.11 Å². The number of nitrogens with zero attached hydrogens (tertiary/aromatic N) is 4. The van der Waals surface area contributed by atoms with Crippen LogP contribution in [0.2, 0.25) is 0 Å². The van der Waals surface area contributed by atoms with Gasteiger partial charge in [0.2, 0.25) is 0 Å². The topological polar surface area (TPSA) is 85.7 Å². The van der Waals surface area contributed by atoms with Crippen molar-refractivity contribution in [3.63, 3.8) is 0 Å². The Morgan fingerprint density at radius 2 is 1.97 bits per heavy atom. The Morgan fingerprint density at radius 1 is 1.07 bits per heavy atom. The number of nitrogens with one attached hydrogen (secondary N) is 1. The van der Waals surface area contributed by atoms with E-state index in [1.165, 1.54) is 0 Å². The van der Waals surface area contributed by atoms with E-state index in [0.29, 0.717) is 23.5 Å². The highest BCUT2D eigenvalue weighted by Crippen LogP contribution is 2.26. The van der Waals surface area contributed by atoms with Gasteiger partial charge < -0.3 is 4.74 Å². The van der Waals surface area contributed by atoms with Crippen LogP contribution in [-0.4, -0.2) is 31.6 Å². The molecule has 5 rings (SSSR count). The predicted octanol–water partition coefficient (Wildman–Crippen LogP) is 3.39. The van der Waals surface area contributed by atoms with Gasteiger partial charge in [0.05, 0.1) is 31.1 Å². The molecule has 3 heterocycles. The third-order valence-corrected chi connectivity index (χ3v) is 4.88. The Balaban J connectivity index is 1.65. The minimum absolute atomic E-state index is 0.250. The fourth-order valence-electron chi connectivity index (χ4n) is 3.48. The molecule has 0 aliphatic carbocycles. The van der Waals surface area contributed by atoms with Crippen molar-refractivity contribution < 1.29 is 4.74 Å². The lowest BCUT2D eigenvalue weighted by atomic mass is 10.1. The Morgan fingerprint density at radius 3 is 2.86 bits per heavy atom. The number of fused-ring (bicyclic) bond motifs is 2. The maximum absolute atomic E-state index is 12.5. The summed E-state index contributed by atoms with van der Waals surface area (Å²) >= 11 is 0. The number of benzene rings is 2. The van der Waals surface area contributed by atoms with Crippen molar-refractivity contribution in [1.82, 2.24) is 24.5 Å². The summed E-state index contributed by atoms with van der Waals surface area (Å²) in [5, 5.41) is 0.987. The molecule has 3 aromatic heterocycles. The Kier molecular flexibility index (Phi) is 4.05. The third-order valence-electron chi connectivity index (χ3n) is 4.88. The third kappa shape index (κ3) is 3.02. The standard InChI is InChI=1S/C22H17N5O2/c1-29-15-6-2-5-14(11-15)13-27-21-20(26-22(27)28)24-12-19(25-21)17-7-3-9-18-16(17)8-4-10-23-18/h2-12H,13H2,1H3,(H,24,26,28). The molecule has 29 heavy (non-hydrogen) atoms. The molecule has 2 aromatic carbocycles. The molecular weight excluding hydrogens is 366 g/mol. The summed E-state index contributed by atoms with van der Waals surface area (Å²) in [4.78, 5) is 28.9. The summed E-state index contributed by atoms with van der Waals surface area (Å²) in [6.45, 7) is 0.366. The van der Waals surface area contributed by atoms with Crippen molar-refractivity contribution in [3.8, 4) is 17.0 Å². The molecular formula is C22H17N5O2. The molecule has 0 unspecified atom stereocenters. The van der Waals surface area contributed by atoms with Crippen LogP contribution in [0.15, 0.2) is 71.8 Å². The molecule has 0 aliphatic heterocycles. The van der Waals surface area contributed by atoms with Crippen LogP contribution in [-0.2, 0) is 6.54 Å². The van der Waals surface area contributed by atoms with E-state index in [2.05, 4.69) is 15.0 Å². The van der Waals surface area contributed by atoms with Crippen LogP contribution in [0.1, 0.15) is 5.56 Å². The van der Waals surface area contributed by atoms with E-state index in [4.69, 9.17) is 9.72 Å². The van der Waals surface area contributed by atoms with Crippen LogP contribution >= 0.6 is 0 Å². The zero-order valence-electron chi connectivity index (χ0n) is 15.7. The Hall–Kier alpha value is -4.00. The van der Waals surface area contributed by atoms with Crippen molar-refractivity contribution in [1.29, 1.82) is 0 Å². The molecule has 142 valence electrons. The van der Waals surface area contributed by atoms with Gasteiger partial charge in [-0.3, -0.25) is 14.5 Å². The Labute approximate surface area is 165 Å². The van der Waals surface area contributed by atoms with Gasteiger partial charge in [-0.25, -0.2) is 14.8 Å². The first-order valence-electron chi connectivity index (χ1n) is 9.15. The van der Waals surface area contributed by atoms with Gasteiger partial charge in [0, 0.05) is 17.1 Å². The molecule has 0 bridgehead atoms. The van der Waals surface area contributed by atoms with E-state index < -0.39 is 0 Å². The van der Waals surface area contributed by atoms with E-state index in [1.54, 1.807) is 24.1 Å². The van der Waals surface area contributed by atoms with Crippen LogP contribution in [0.25, 0.3) is 33.5 Å². The monoisotopic (exact) mass is 383 g/mol. The normalized spacial score (nSPS) is 11.2. The van der Waals surface area contributed by atoms with Gasteiger partial charge in [0.15, 0.2) is 11.3 Å². The molecule has 5 aromatic rings. The van der Waals surface area contributed by atoms with E-state index in [9.17, 15) is 4.79 Å². The van der Waals surface area contributed by atoms with Gasteiger partial charge in [-0.1, -0.05) is 30.3 Å². The van der Waals surface area contributed by atoms with Gasteiger partial charge in [0.1, 0.15) is 5.75 Å². The Bertz CT molecular complexity index is 1400. The first kappa shape index (κ1) is 17.1. The number of aromatic nitrogens is 5. The van der Waals surface area contributed by atoms with Crippen LogP contribution in [0, 0.1) is 0 Å². The highest BCUT2D eigenvalue weighted by Gasteiger charge is 2.13.